The van der Waals surface area contributed by atoms with Crippen molar-refractivity contribution in [1.29, 1.82) is 0 Å². The fourth-order valence-corrected chi connectivity index (χ4v) is 1.08. The minimum absolute atomic E-state index is 0. The van der Waals surface area contributed by atoms with Crippen LogP contribution >= 0.6 is 0 Å². The van der Waals surface area contributed by atoms with Gasteiger partial charge in [0.2, 0.25) is 0 Å². The normalized spacial score (nSPS) is 9.21. The number of hydrogen-bond donors (Lipinski definition) is 0. The van der Waals surface area contributed by atoms with E-state index in [0.717, 1.165) is 11.4 Å². The topological polar surface area (TPSA) is 25.8 Å². The second-order valence-corrected chi connectivity index (χ2v) is 2.85. The van der Waals surface area contributed by atoms with Gasteiger partial charge in [-0.1, -0.05) is 6.92 Å². The van der Waals surface area contributed by atoms with Crippen molar-refractivity contribution in [1.82, 2.24) is 9.97 Å². The number of rotatable bonds is 1. The van der Waals surface area contributed by atoms with Gasteiger partial charge in [0.25, 0.3) is 0 Å². The van der Waals surface area contributed by atoms with Gasteiger partial charge in [-0.05, 0) is 6.07 Å². The summed E-state index contributed by atoms with van der Waals surface area (Å²) in [7, 11) is 0. The SMILES string of the molecule is Cc1c[c-]c(-c2ncccn2)cc1.[Ir]. The van der Waals surface area contributed by atoms with Crippen LogP contribution in [0.3, 0.4) is 0 Å². The van der Waals surface area contributed by atoms with Crippen molar-refractivity contribution >= 4 is 0 Å². The van der Waals surface area contributed by atoms with E-state index in [4.69, 9.17) is 0 Å². The maximum atomic E-state index is 4.14. The Morgan fingerprint density at radius 1 is 1.14 bits per heavy atom. The van der Waals surface area contributed by atoms with E-state index in [1.807, 2.05) is 25.1 Å². The molecule has 0 saturated heterocycles. The zero-order valence-corrected chi connectivity index (χ0v) is 10.1. The molecule has 3 heteroatoms. The molecule has 73 valence electrons. The molecular formula is C11H9IrN2-. The summed E-state index contributed by atoms with van der Waals surface area (Å²) < 4.78 is 0. The van der Waals surface area contributed by atoms with Gasteiger partial charge in [-0.25, -0.2) is 0 Å². The van der Waals surface area contributed by atoms with Crippen LogP contribution in [-0.4, -0.2) is 9.97 Å². The Hall–Kier alpha value is -1.05. The van der Waals surface area contributed by atoms with Gasteiger partial charge >= 0.3 is 0 Å². The van der Waals surface area contributed by atoms with Crippen LogP contribution in [0, 0.1) is 13.0 Å². The number of benzene rings is 1. The zero-order chi connectivity index (χ0) is 9.10. The Morgan fingerprint density at radius 2 is 1.86 bits per heavy atom. The number of hydrogen-bond acceptors (Lipinski definition) is 2. The largest absolute Gasteiger partial charge is 0.285 e. The quantitative estimate of drug-likeness (QED) is 0.728. The van der Waals surface area contributed by atoms with Crippen LogP contribution in [0.5, 0.6) is 0 Å². The smallest absolute Gasteiger partial charge is 0.0748 e. The Balaban J connectivity index is 0.000000980. The van der Waals surface area contributed by atoms with Crippen LogP contribution in [0.15, 0.2) is 36.7 Å². The summed E-state index contributed by atoms with van der Waals surface area (Å²) in [6.45, 7) is 2.03. The molecule has 2 aromatic rings. The van der Waals surface area contributed by atoms with E-state index in [9.17, 15) is 0 Å². The number of aromatic nitrogens is 2. The van der Waals surface area contributed by atoms with Crippen molar-refractivity contribution in [3.8, 4) is 11.4 Å². The predicted octanol–water partition coefficient (Wildman–Crippen LogP) is 2.25. The van der Waals surface area contributed by atoms with Gasteiger partial charge in [0.1, 0.15) is 0 Å². The fourth-order valence-electron chi connectivity index (χ4n) is 1.08. The molecule has 1 aromatic heterocycles. The number of nitrogens with zero attached hydrogens (tertiary/aromatic N) is 2. The third-order valence-electron chi connectivity index (χ3n) is 1.77. The molecule has 0 saturated carbocycles. The molecule has 0 aliphatic carbocycles. The predicted molar refractivity (Wildman–Crippen MR) is 51.0 cm³/mol. The van der Waals surface area contributed by atoms with Gasteiger partial charge in [0.05, 0.1) is 5.82 Å². The van der Waals surface area contributed by atoms with Gasteiger partial charge in [-0.15, -0.1) is 35.4 Å². The molecule has 1 heterocycles. The van der Waals surface area contributed by atoms with Gasteiger partial charge in [-0.2, -0.15) is 0 Å². The van der Waals surface area contributed by atoms with Crippen molar-refractivity contribution < 1.29 is 20.1 Å². The van der Waals surface area contributed by atoms with Crippen LogP contribution in [0.25, 0.3) is 11.4 Å². The third-order valence-corrected chi connectivity index (χ3v) is 1.77. The van der Waals surface area contributed by atoms with E-state index >= 15 is 0 Å². The van der Waals surface area contributed by atoms with E-state index in [2.05, 4.69) is 16.0 Å². The minimum atomic E-state index is 0. The molecule has 2 nitrogen and oxygen atoms in total. The summed E-state index contributed by atoms with van der Waals surface area (Å²) in [4.78, 5) is 8.27. The van der Waals surface area contributed by atoms with Crippen molar-refractivity contribution in [3.05, 3.63) is 48.3 Å². The maximum absolute atomic E-state index is 4.14. The molecule has 1 aromatic carbocycles. The summed E-state index contributed by atoms with van der Waals surface area (Å²) in [5.74, 6) is 0.725. The molecule has 0 aliphatic heterocycles. The zero-order valence-electron chi connectivity index (χ0n) is 7.69. The standard InChI is InChI=1S/C11H9N2.Ir/c1-9-3-5-10(6-4-9)11-12-7-2-8-13-11;/h2-5,7-8H,1H3;/q-1;. The first kappa shape index (κ1) is 11.0. The van der Waals surface area contributed by atoms with Crippen LogP contribution in [0.2, 0.25) is 0 Å². The van der Waals surface area contributed by atoms with Crippen molar-refractivity contribution in [3.63, 3.8) is 0 Å². The van der Waals surface area contributed by atoms with E-state index < -0.39 is 0 Å². The van der Waals surface area contributed by atoms with Crippen molar-refractivity contribution in [2.75, 3.05) is 0 Å². The second kappa shape index (κ2) is 4.99. The maximum Gasteiger partial charge on any atom is 0.0748 e. The molecule has 1 radical (unpaired) electrons. The third kappa shape index (κ3) is 2.47. The van der Waals surface area contributed by atoms with Crippen LogP contribution in [-0.2, 0) is 20.1 Å². The van der Waals surface area contributed by atoms with Gasteiger partial charge in [0.15, 0.2) is 0 Å². The molecule has 0 spiro atoms. The fraction of sp³-hybridized carbons (Fsp3) is 0.0909. The number of aryl methyl sites for hydroxylation is 1. The monoisotopic (exact) mass is 362 g/mol. The van der Waals surface area contributed by atoms with Crippen molar-refractivity contribution in [2.24, 2.45) is 0 Å². The summed E-state index contributed by atoms with van der Waals surface area (Å²) in [5, 5.41) is 0. The molecule has 0 bridgehead atoms. The average molecular weight is 361 g/mol. The Morgan fingerprint density at radius 3 is 2.43 bits per heavy atom. The molecule has 0 atom stereocenters. The van der Waals surface area contributed by atoms with Crippen LogP contribution < -0.4 is 0 Å². The summed E-state index contributed by atoms with van der Waals surface area (Å²) in [6, 6.07) is 10.9. The van der Waals surface area contributed by atoms with Gasteiger partial charge in [-0.3, -0.25) is 9.97 Å². The average Bonchev–Trinajstić information content (AvgIpc) is 2.20. The Kier molecular flexibility index (Phi) is 3.93. The summed E-state index contributed by atoms with van der Waals surface area (Å²) in [5.41, 5.74) is 2.13. The minimum Gasteiger partial charge on any atom is -0.285 e. The molecule has 0 amide bonds. The Labute approximate surface area is 96.8 Å². The molecule has 0 aliphatic rings. The van der Waals surface area contributed by atoms with Crippen LogP contribution in [0.1, 0.15) is 5.56 Å². The molecule has 0 fully saturated rings. The van der Waals surface area contributed by atoms with E-state index in [0.29, 0.717) is 0 Å². The first-order valence-electron chi connectivity index (χ1n) is 4.12. The second-order valence-electron chi connectivity index (χ2n) is 2.85. The van der Waals surface area contributed by atoms with Gasteiger partial charge in [0, 0.05) is 32.5 Å². The first-order valence-corrected chi connectivity index (χ1v) is 4.12. The van der Waals surface area contributed by atoms with Crippen LogP contribution in [0.4, 0.5) is 0 Å². The molecule has 0 unspecified atom stereocenters. The molecule has 14 heavy (non-hydrogen) atoms. The van der Waals surface area contributed by atoms with E-state index in [1.54, 1.807) is 18.5 Å². The molecular weight excluding hydrogens is 352 g/mol. The summed E-state index contributed by atoms with van der Waals surface area (Å²) in [6.07, 6.45) is 3.46. The van der Waals surface area contributed by atoms with Gasteiger partial charge < -0.3 is 0 Å². The first-order chi connectivity index (χ1) is 6.36. The van der Waals surface area contributed by atoms with Crippen molar-refractivity contribution in [2.45, 2.75) is 6.92 Å². The molecule has 0 N–H and O–H groups in total. The van der Waals surface area contributed by atoms with E-state index in [1.165, 1.54) is 5.56 Å². The molecule has 2 rings (SSSR count). The Bertz CT molecular complexity index is 384. The van der Waals surface area contributed by atoms with E-state index in [-0.39, 0.29) is 20.1 Å². The summed E-state index contributed by atoms with van der Waals surface area (Å²) >= 11 is 0.